The second kappa shape index (κ2) is 6.18. The van der Waals surface area contributed by atoms with Gasteiger partial charge >= 0.3 is 0 Å². The highest BCUT2D eigenvalue weighted by molar-refractivity contribution is 7.11. The third-order valence-corrected chi connectivity index (χ3v) is 5.15. The molecule has 0 saturated carbocycles. The highest BCUT2D eigenvalue weighted by Gasteiger charge is 2.15. The molecule has 0 amide bonds. The number of aryl methyl sites for hydroxylation is 1. The van der Waals surface area contributed by atoms with Crippen molar-refractivity contribution >= 4 is 33.9 Å². The van der Waals surface area contributed by atoms with Crippen LogP contribution in [-0.2, 0) is 13.0 Å². The molecule has 0 bridgehead atoms. The van der Waals surface area contributed by atoms with Crippen LogP contribution in [0, 0.1) is 0 Å². The minimum Gasteiger partial charge on any atom is -0.444 e. The molecule has 2 aromatic heterocycles. The number of fused-ring (bicyclic) bond motifs is 1. The van der Waals surface area contributed by atoms with Crippen molar-refractivity contribution in [1.82, 2.24) is 10.3 Å². The van der Waals surface area contributed by atoms with E-state index >= 15 is 0 Å². The van der Waals surface area contributed by atoms with Crippen molar-refractivity contribution in [1.29, 1.82) is 0 Å². The summed E-state index contributed by atoms with van der Waals surface area (Å²) < 4.78 is 5.57. The van der Waals surface area contributed by atoms with Gasteiger partial charge in [-0.15, -0.1) is 11.3 Å². The van der Waals surface area contributed by atoms with Gasteiger partial charge in [0.2, 0.25) is 0 Å². The lowest BCUT2D eigenvalue weighted by molar-refractivity contribution is 0.561. The standard InChI is InChI=1S/C16H17ClN2OS/c1-3-11-8-19-16(21-11)10(2)18-9-13-12-6-4-5-7-14(12)20-15(13)17/h4-8,10,18H,3,9H2,1-2H3. The van der Waals surface area contributed by atoms with Gasteiger partial charge in [-0.3, -0.25) is 0 Å². The van der Waals surface area contributed by atoms with E-state index in [9.17, 15) is 0 Å². The smallest absolute Gasteiger partial charge is 0.199 e. The lowest BCUT2D eigenvalue weighted by Crippen LogP contribution is -2.17. The molecule has 1 atom stereocenters. The van der Waals surface area contributed by atoms with E-state index in [-0.39, 0.29) is 6.04 Å². The van der Waals surface area contributed by atoms with Gasteiger partial charge in [-0.05, 0) is 31.0 Å². The van der Waals surface area contributed by atoms with Crippen LogP contribution >= 0.6 is 22.9 Å². The Morgan fingerprint density at radius 3 is 2.95 bits per heavy atom. The number of para-hydroxylation sites is 1. The van der Waals surface area contributed by atoms with Gasteiger partial charge in [-0.25, -0.2) is 4.98 Å². The first-order chi connectivity index (χ1) is 10.2. The summed E-state index contributed by atoms with van der Waals surface area (Å²) in [4.78, 5) is 5.78. The van der Waals surface area contributed by atoms with Crippen LogP contribution in [0.2, 0.25) is 5.22 Å². The fourth-order valence-corrected chi connectivity index (χ4v) is 3.40. The first-order valence-electron chi connectivity index (χ1n) is 7.03. The minimum absolute atomic E-state index is 0.194. The van der Waals surface area contributed by atoms with Crippen molar-refractivity contribution in [2.24, 2.45) is 0 Å². The quantitative estimate of drug-likeness (QED) is 0.722. The second-order valence-electron chi connectivity index (χ2n) is 4.97. The van der Waals surface area contributed by atoms with Crippen LogP contribution in [0.5, 0.6) is 0 Å². The zero-order valence-electron chi connectivity index (χ0n) is 12.0. The molecule has 0 aliphatic rings. The molecule has 3 nitrogen and oxygen atoms in total. The largest absolute Gasteiger partial charge is 0.444 e. The molecule has 0 spiro atoms. The average molecular weight is 321 g/mol. The van der Waals surface area contributed by atoms with E-state index in [0.29, 0.717) is 11.8 Å². The normalized spacial score (nSPS) is 12.9. The average Bonchev–Trinajstić information content (AvgIpc) is 3.08. The number of rotatable bonds is 5. The van der Waals surface area contributed by atoms with Gasteiger partial charge < -0.3 is 9.73 Å². The SMILES string of the molecule is CCc1cnc(C(C)NCc2c(Cl)oc3ccccc23)s1. The number of nitrogens with one attached hydrogen (secondary N) is 1. The van der Waals surface area contributed by atoms with Crippen LogP contribution in [0.15, 0.2) is 34.9 Å². The number of nitrogens with zero attached hydrogens (tertiary/aromatic N) is 1. The van der Waals surface area contributed by atoms with Crippen molar-refractivity contribution in [3.05, 3.63) is 51.1 Å². The van der Waals surface area contributed by atoms with Gasteiger partial charge in [0.05, 0.1) is 6.04 Å². The molecule has 0 saturated heterocycles. The topological polar surface area (TPSA) is 38.1 Å². The Balaban J connectivity index is 1.75. The highest BCUT2D eigenvalue weighted by Crippen LogP contribution is 2.30. The molecule has 110 valence electrons. The zero-order chi connectivity index (χ0) is 14.8. The second-order valence-corrected chi connectivity index (χ2v) is 6.46. The number of aromatic nitrogens is 1. The van der Waals surface area contributed by atoms with Crippen LogP contribution < -0.4 is 5.32 Å². The molecule has 0 fully saturated rings. The summed E-state index contributed by atoms with van der Waals surface area (Å²) in [6.07, 6.45) is 2.99. The fraction of sp³-hybridized carbons (Fsp3) is 0.312. The molecule has 1 aromatic carbocycles. The summed E-state index contributed by atoms with van der Waals surface area (Å²) in [5.74, 6) is 0. The third-order valence-electron chi connectivity index (χ3n) is 3.52. The number of halogens is 1. The Morgan fingerprint density at radius 2 is 2.19 bits per heavy atom. The van der Waals surface area contributed by atoms with E-state index in [4.69, 9.17) is 16.0 Å². The van der Waals surface area contributed by atoms with Crippen molar-refractivity contribution in [2.75, 3.05) is 0 Å². The molecule has 3 aromatic rings. The Morgan fingerprint density at radius 1 is 1.38 bits per heavy atom. The van der Waals surface area contributed by atoms with E-state index in [1.807, 2.05) is 30.5 Å². The molecule has 1 unspecified atom stereocenters. The molecule has 5 heteroatoms. The third kappa shape index (κ3) is 2.98. The summed E-state index contributed by atoms with van der Waals surface area (Å²) in [6.45, 7) is 4.93. The molecule has 21 heavy (non-hydrogen) atoms. The lowest BCUT2D eigenvalue weighted by Gasteiger charge is -2.10. The maximum atomic E-state index is 6.20. The van der Waals surface area contributed by atoms with Crippen molar-refractivity contribution in [3.63, 3.8) is 0 Å². The van der Waals surface area contributed by atoms with Crippen LogP contribution in [0.1, 0.15) is 35.3 Å². The fourth-order valence-electron chi connectivity index (χ4n) is 2.26. The monoisotopic (exact) mass is 320 g/mol. The molecule has 2 heterocycles. The summed E-state index contributed by atoms with van der Waals surface area (Å²) >= 11 is 7.96. The molecule has 1 N–H and O–H groups in total. The molecule has 0 aliphatic carbocycles. The summed E-state index contributed by atoms with van der Waals surface area (Å²) in [7, 11) is 0. The van der Waals surface area contributed by atoms with E-state index in [1.165, 1.54) is 4.88 Å². The van der Waals surface area contributed by atoms with Crippen molar-refractivity contribution < 1.29 is 4.42 Å². The first kappa shape index (κ1) is 14.6. The number of furan rings is 1. The number of thiazole rings is 1. The van der Waals surface area contributed by atoms with Crippen LogP contribution in [-0.4, -0.2) is 4.98 Å². The van der Waals surface area contributed by atoms with Crippen molar-refractivity contribution in [2.45, 2.75) is 32.9 Å². The van der Waals surface area contributed by atoms with Gasteiger partial charge in [0.15, 0.2) is 5.22 Å². The Kier molecular flexibility index (Phi) is 4.29. The van der Waals surface area contributed by atoms with Crippen LogP contribution in [0.25, 0.3) is 11.0 Å². The predicted octanol–water partition coefficient (Wildman–Crippen LogP) is 4.96. The van der Waals surface area contributed by atoms with Gasteiger partial charge in [0, 0.05) is 28.6 Å². The molecular formula is C16H17ClN2OS. The zero-order valence-corrected chi connectivity index (χ0v) is 13.6. The number of hydrogen-bond acceptors (Lipinski definition) is 4. The maximum absolute atomic E-state index is 6.20. The highest BCUT2D eigenvalue weighted by atomic mass is 35.5. The molecule has 0 radical (unpaired) electrons. The van der Waals surface area contributed by atoms with Crippen LogP contribution in [0.4, 0.5) is 0 Å². The van der Waals surface area contributed by atoms with Gasteiger partial charge in [-0.2, -0.15) is 0 Å². The molecule has 0 aliphatic heterocycles. The van der Waals surface area contributed by atoms with E-state index in [2.05, 4.69) is 24.1 Å². The van der Waals surface area contributed by atoms with Gasteiger partial charge in [0.1, 0.15) is 10.6 Å². The summed E-state index contributed by atoms with van der Waals surface area (Å²) in [6, 6.07) is 8.10. The Labute approximate surface area is 133 Å². The van der Waals surface area contributed by atoms with Crippen molar-refractivity contribution in [3.8, 4) is 0 Å². The van der Waals surface area contributed by atoms with E-state index in [1.54, 1.807) is 11.3 Å². The van der Waals surface area contributed by atoms with Gasteiger partial charge in [0.25, 0.3) is 0 Å². The lowest BCUT2D eigenvalue weighted by atomic mass is 10.1. The Hall–Kier alpha value is -1.36. The summed E-state index contributed by atoms with van der Waals surface area (Å²) in [5.41, 5.74) is 1.83. The predicted molar refractivity (Wildman–Crippen MR) is 88.0 cm³/mol. The maximum Gasteiger partial charge on any atom is 0.199 e. The summed E-state index contributed by atoms with van der Waals surface area (Å²) in [5, 5.41) is 6.11. The van der Waals surface area contributed by atoms with E-state index < -0.39 is 0 Å². The van der Waals surface area contributed by atoms with E-state index in [0.717, 1.165) is 28.0 Å². The molecular weight excluding hydrogens is 304 g/mol. The minimum atomic E-state index is 0.194. The Bertz CT molecular complexity index is 750. The molecule has 3 rings (SSSR count). The van der Waals surface area contributed by atoms with Gasteiger partial charge in [-0.1, -0.05) is 25.1 Å². The first-order valence-corrected chi connectivity index (χ1v) is 8.22. The van der Waals surface area contributed by atoms with Crippen LogP contribution in [0.3, 0.4) is 0 Å². The number of benzene rings is 1. The number of hydrogen-bond donors (Lipinski definition) is 1.